The fourth-order valence-electron chi connectivity index (χ4n) is 3.02. The molecular weight excluding hydrogens is 242 g/mol. The van der Waals surface area contributed by atoms with Crippen LogP contribution in [0.5, 0.6) is 0 Å². The molecule has 1 N–H and O–H groups in total. The van der Waals surface area contributed by atoms with Crippen molar-refractivity contribution in [3.8, 4) is 6.07 Å². The van der Waals surface area contributed by atoms with E-state index in [-0.39, 0.29) is 12.0 Å². The van der Waals surface area contributed by atoms with Gasteiger partial charge in [0.05, 0.1) is 18.8 Å². The third-order valence-corrected chi connectivity index (χ3v) is 4.20. The Labute approximate surface area is 114 Å². The number of likely N-dealkylation sites (N-methyl/N-ethyl adjacent to an activating group) is 1. The van der Waals surface area contributed by atoms with Crippen molar-refractivity contribution in [2.24, 2.45) is 11.3 Å². The third-order valence-electron chi connectivity index (χ3n) is 4.20. The van der Waals surface area contributed by atoms with Gasteiger partial charge in [-0.05, 0) is 25.3 Å². The van der Waals surface area contributed by atoms with Crippen LogP contribution in [0.25, 0.3) is 0 Å². The second-order valence-electron chi connectivity index (χ2n) is 5.80. The smallest absolute Gasteiger partial charge is 0.240 e. The van der Waals surface area contributed by atoms with E-state index >= 15 is 0 Å². The number of hydrogen-bond acceptors (Lipinski definition) is 4. The molecule has 1 atom stereocenters. The van der Waals surface area contributed by atoms with E-state index in [4.69, 9.17) is 4.74 Å². The number of nitriles is 1. The molecule has 106 valence electrons. The van der Waals surface area contributed by atoms with E-state index < -0.39 is 5.41 Å². The van der Waals surface area contributed by atoms with E-state index in [0.29, 0.717) is 25.3 Å². The quantitative estimate of drug-likeness (QED) is 0.815. The third kappa shape index (κ3) is 3.07. The second kappa shape index (κ2) is 5.89. The lowest BCUT2D eigenvalue weighted by Crippen LogP contribution is -2.52. The topological polar surface area (TPSA) is 65.4 Å². The molecule has 1 saturated heterocycles. The van der Waals surface area contributed by atoms with Crippen LogP contribution in [0.3, 0.4) is 0 Å². The largest absolute Gasteiger partial charge is 0.374 e. The highest BCUT2D eigenvalue weighted by atomic mass is 16.5. The van der Waals surface area contributed by atoms with E-state index in [0.717, 1.165) is 26.2 Å². The van der Waals surface area contributed by atoms with Gasteiger partial charge in [0, 0.05) is 19.6 Å². The Morgan fingerprint density at radius 1 is 1.58 bits per heavy atom. The summed E-state index contributed by atoms with van der Waals surface area (Å²) in [5, 5.41) is 12.1. The molecule has 0 aromatic carbocycles. The molecule has 0 aromatic heterocycles. The van der Waals surface area contributed by atoms with Crippen molar-refractivity contribution in [2.45, 2.75) is 32.8 Å². The maximum Gasteiger partial charge on any atom is 0.240 e. The molecule has 0 spiro atoms. The summed E-state index contributed by atoms with van der Waals surface area (Å²) in [6.07, 6.45) is 1.41. The Kier molecular flexibility index (Phi) is 4.43. The average molecular weight is 265 g/mol. The minimum absolute atomic E-state index is 0.0471. The van der Waals surface area contributed by atoms with Crippen LogP contribution in [0.1, 0.15) is 26.7 Å². The predicted octanol–water partition coefficient (Wildman–Crippen LogP) is 0.763. The van der Waals surface area contributed by atoms with Crippen LogP contribution in [0.4, 0.5) is 0 Å². The molecule has 2 rings (SSSR count). The Morgan fingerprint density at radius 3 is 2.89 bits per heavy atom. The van der Waals surface area contributed by atoms with Crippen molar-refractivity contribution in [3.63, 3.8) is 0 Å². The Bertz CT molecular complexity index is 371. The van der Waals surface area contributed by atoms with Gasteiger partial charge in [0.15, 0.2) is 0 Å². The maximum atomic E-state index is 12.1. The van der Waals surface area contributed by atoms with E-state index in [9.17, 15) is 10.1 Å². The summed E-state index contributed by atoms with van der Waals surface area (Å²) in [5.41, 5.74) is -0.779. The number of nitrogens with zero attached hydrogens (tertiary/aromatic N) is 2. The van der Waals surface area contributed by atoms with Crippen molar-refractivity contribution >= 4 is 5.91 Å². The number of carbonyl (C=O) groups excluding carboxylic acids is 1. The first kappa shape index (κ1) is 14.3. The molecule has 1 aliphatic heterocycles. The van der Waals surface area contributed by atoms with Gasteiger partial charge in [-0.15, -0.1) is 0 Å². The van der Waals surface area contributed by atoms with Gasteiger partial charge in [-0.2, -0.15) is 5.26 Å². The van der Waals surface area contributed by atoms with Crippen LogP contribution in [-0.4, -0.2) is 49.7 Å². The number of carbonyl (C=O) groups is 1. The predicted molar refractivity (Wildman–Crippen MR) is 71.3 cm³/mol. The van der Waals surface area contributed by atoms with Crippen molar-refractivity contribution in [1.29, 1.82) is 5.26 Å². The van der Waals surface area contributed by atoms with Crippen molar-refractivity contribution < 1.29 is 9.53 Å². The van der Waals surface area contributed by atoms with Crippen LogP contribution in [0.15, 0.2) is 0 Å². The lowest BCUT2D eigenvalue weighted by atomic mass is 9.63. The molecule has 1 aliphatic carbocycles. The van der Waals surface area contributed by atoms with Gasteiger partial charge in [-0.1, -0.05) is 13.8 Å². The van der Waals surface area contributed by atoms with Crippen molar-refractivity contribution in [3.05, 3.63) is 0 Å². The summed E-state index contributed by atoms with van der Waals surface area (Å²) in [4.78, 5) is 14.4. The summed E-state index contributed by atoms with van der Waals surface area (Å²) in [6, 6.07) is 2.19. The van der Waals surface area contributed by atoms with Crippen molar-refractivity contribution in [1.82, 2.24) is 10.2 Å². The van der Waals surface area contributed by atoms with E-state index in [2.05, 4.69) is 30.1 Å². The molecule has 0 bridgehead atoms. The van der Waals surface area contributed by atoms with Crippen LogP contribution < -0.4 is 5.32 Å². The zero-order valence-electron chi connectivity index (χ0n) is 11.8. The Balaban J connectivity index is 1.79. The number of morpholine rings is 1. The molecule has 19 heavy (non-hydrogen) atoms. The molecular formula is C14H23N3O2. The molecule has 0 radical (unpaired) electrons. The number of rotatable bonds is 4. The second-order valence-corrected chi connectivity index (χ2v) is 5.80. The lowest BCUT2D eigenvalue weighted by Gasteiger charge is -2.40. The number of ether oxygens (including phenoxy) is 1. The maximum absolute atomic E-state index is 12.1. The molecule has 5 heteroatoms. The number of amides is 1. The Morgan fingerprint density at radius 2 is 2.32 bits per heavy atom. The monoisotopic (exact) mass is 265 g/mol. The van der Waals surface area contributed by atoms with Crippen LogP contribution >= 0.6 is 0 Å². The van der Waals surface area contributed by atoms with E-state index in [1.165, 1.54) is 0 Å². The summed E-state index contributed by atoms with van der Waals surface area (Å²) >= 11 is 0. The van der Waals surface area contributed by atoms with Crippen LogP contribution in [-0.2, 0) is 9.53 Å². The van der Waals surface area contributed by atoms with Gasteiger partial charge in [0.1, 0.15) is 5.41 Å². The summed E-state index contributed by atoms with van der Waals surface area (Å²) in [7, 11) is 0. The molecule has 1 amide bonds. The number of nitrogens with one attached hydrogen (secondary N) is 1. The van der Waals surface area contributed by atoms with Gasteiger partial charge in [0.25, 0.3) is 0 Å². The highest BCUT2D eigenvalue weighted by molar-refractivity contribution is 5.86. The first-order valence-electron chi connectivity index (χ1n) is 7.13. The zero-order valence-corrected chi connectivity index (χ0v) is 11.8. The summed E-state index contributed by atoms with van der Waals surface area (Å²) < 4.78 is 5.64. The van der Waals surface area contributed by atoms with Gasteiger partial charge in [-0.25, -0.2) is 0 Å². The molecule has 2 aliphatic rings. The fourth-order valence-corrected chi connectivity index (χ4v) is 3.02. The molecule has 1 unspecified atom stereocenters. The van der Waals surface area contributed by atoms with Gasteiger partial charge in [-0.3, -0.25) is 9.69 Å². The Hall–Kier alpha value is -1.12. The van der Waals surface area contributed by atoms with Gasteiger partial charge in [0.2, 0.25) is 5.91 Å². The first-order chi connectivity index (χ1) is 9.09. The molecule has 1 heterocycles. The molecule has 0 aromatic rings. The van der Waals surface area contributed by atoms with E-state index in [1.54, 1.807) is 0 Å². The minimum atomic E-state index is -0.779. The highest BCUT2D eigenvalue weighted by Gasteiger charge is 2.48. The van der Waals surface area contributed by atoms with Gasteiger partial charge < -0.3 is 10.1 Å². The van der Waals surface area contributed by atoms with E-state index in [1.807, 2.05) is 0 Å². The average Bonchev–Trinajstić information content (AvgIpc) is 2.41. The summed E-state index contributed by atoms with van der Waals surface area (Å²) in [5.74, 6) is 0.359. The molecule has 5 nitrogen and oxygen atoms in total. The molecule has 1 saturated carbocycles. The lowest BCUT2D eigenvalue weighted by molar-refractivity contribution is -0.135. The minimum Gasteiger partial charge on any atom is -0.374 e. The first-order valence-corrected chi connectivity index (χ1v) is 7.13. The summed E-state index contributed by atoms with van der Waals surface area (Å²) in [6.45, 7) is 8.25. The highest BCUT2D eigenvalue weighted by Crippen LogP contribution is 2.44. The fraction of sp³-hybridized carbons (Fsp3) is 0.857. The van der Waals surface area contributed by atoms with Crippen LogP contribution in [0, 0.1) is 22.7 Å². The van der Waals surface area contributed by atoms with Gasteiger partial charge >= 0.3 is 0 Å². The molecule has 2 fully saturated rings. The standard InChI is InChI=1S/C14H23N3O2/c1-3-17-4-5-19-12(9-17)8-16-13(18)14(10-15)6-11(2)7-14/h11-12H,3-9H2,1-2H3,(H,16,18). The SMILES string of the molecule is CCN1CCOC(CNC(=O)C2(C#N)CC(C)C2)C1. The zero-order chi connectivity index (χ0) is 13.9. The van der Waals surface area contributed by atoms with Crippen molar-refractivity contribution in [2.75, 3.05) is 32.8 Å². The number of hydrogen-bond donors (Lipinski definition) is 1. The van der Waals surface area contributed by atoms with Crippen LogP contribution in [0.2, 0.25) is 0 Å². The normalized spacial score (nSPS) is 35.2.